The Morgan fingerprint density at radius 2 is 1.36 bits per heavy atom. The Kier molecular flexibility index (Phi) is 14.1. The molecule has 6 atom stereocenters. The predicted molar refractivity (Wildman–Crippen MR) is 149 cm³/mol. The molecule has 216 valence electrons. The van der Waals surface area contributed by atoms with Gasteiger partial charge < -0.3 is 48.5 Å². The van der Waals surface area contributed by atoms with Gasteiger partial charge in [-0.3, -0.25) is 0 Å². The van der Waals surface area contributed by atoms with Crippen LogP contribution in [0.15, 0.2) is 48.5 Å². The molecule has 39 heavy (non-hydrogen) atoms. The van der Waals surface area contributed by atoms with Crippen LogP contribution in [0, 0.1) is 13.8 Å². The number of benzene rings is 2. The molecular weight excluding hydrogens is 506 g/mol. The van der Waals surface area contributed by atoms with Gasteiger partial charge in [-0.25, -0.2) is 0 Å². The summed E-state index contributed by atoms with van der Waals surface area (Å²) in [5, 5.41) is 35.4. The smallest absolute Gasteiger partial charge is 0.423 e. The summed E-state index contributed by atoms with van der Waals surface area (Å²) in [6, 6.07) is 15.3. The first-order chi connectivity index (χ1) is 18.2. The molecular formula is C27H42B2O10. The van der Waals surface area contributed by atoms with Crippen molar-refractivity contribution in [3.8, 4) is 0 Å². The second kappa shape index (κ2) is 16.4. The molecule has 10 nitrogen and oxygen atoms in total. The monoisotopic (exact) mass is 548 g/mol. The molecule has 4 N–H and O–H groups in total. The summed E-state index contributed by atoms with van der Waals surface area (Å²) in [7, 11) is 1.58. The summed E-state index contributed by atoms with van der Waals surface area (Å²) in [6.07, 6.45) is -1.91. The fourth-order valence-corrected chi connectivity index (χ4v) is 4.18. The van der Waals surface area contributed by atoms with Crippen LogP contribution in [0.1, 0.15) is 18.6 Å². The van der Waals surface area contributed by atoms with E-state index in [2.05, 4.69) is 19.1 Å². The van der Waals surface area contributed by atoms with E-state index in [1.54, 1.807) is 19.2 Å². The fraction of sp³-hybridized carbons (Fsp3) is 0.556. The maximum Gasteiger partial charge on any atom is 0.494 e. The molecule has 0 radical (unpaired) electrons. The van der Waals surface area contributed by atoms with Gasteiger partial charge in [0.15, 0.2) is 0 Å². The second-order valence-electron chi connectivity index (χ2n) is 9.51. The zero-order valence-corrected chi connectivity index (χ0v) is 22.3. The first-order valence-electron chi connectivity index (χ1n) is 12.6. The van der Waals surface area contributed by atoms with Crippen molar-refractivity contribution in [1.29, 1.82) is 0 Å². The van der Waals surface area contributed by atoms with Crippen molar-refractivity contribution in [2.24, 2.45) is 0 Å². The van der Waals surface area contributed by atoms with Crippen molar-refractivity contribution >= 4 is 25.2 Å². The number of aliphatic hydroxyl groups excluding tert-OH is 2. The standard InChI is InChI=1S/C13H17BO4.C7H9BO2.C6H12O4.CH4/c1-9-3-5-10(6-4-9)14-17-12-8-16-11(7-15-2)13(12)18-14;1-6-2-4-7(5-3-6)8(9)10;1-9-3-5-6(8)4(7)2-10-5;/h3-6,11-13H,7-8H2,1-2H3;2-5,9-10H,1H3;4-8H,2-3H2,1H3;1H4. The number of hydrogen-bond acceptors (Lipinski definition) is 10. The van der Waals surface area contributed by atoms with Gasteiger partial charge in [0.2, 0.25) is 0 Å². The van der Waals surface area contributed by atoms with Crippen LogP contribution < -0.4 is 10.9 Å². The summed E-state index contributed by atoms with van der Waals surface area (Å²) in [5.41, 5.74) is 3.94. The van der Waals surface area contributed by atoms with Gasteiger partial charge in [-0.05, 0) is 24.8 Å². The Morgan fingerprint density at radius 1 is 0.821 bits per heavy atom. The quantitative estimate of drug-likeness (QED) is 0.353. The lowest BCUT2D eigenvalue weighted by molar-refractivity contribution is -0.0178. The maximum absolute atomic E-state index is 9.13. The molecule has 3 aliphatic heterocycles. The van der Waals surface area contributed by atoms with Crippen molar-refractivity contribution in [3.05, 3.63) is 59.7 Å². The van der Waals surface area contributed by atoms with Crippen LogP contribution in [0.25, 0.3) is 0 Å². The zero-order valence-electron chi connectivity index (χ0n) is 22.3. The first-order valence-corrected chi connectivity index (χ1v) is 12.6. The van der Waals surface area contributed by atoms with Gasteiger partial charge in [-0.1, -0.05) is 67.1 Å². The molecule has 3 aliphatic rings. The van der Waals surface area contributed by atoms with E-state index in [-0.39, 0.29) is 45.6 Å². The lowest BCUT2D eigenvalue weighted by atomic mass is 9.79. The van der Waals surface area contributed by atoms with Crippen LogP contribution in [-0.4, -0.2) is 112 Å². The molecule has 0 bridgehead atoms. The largest absolute Gasteiger partial charge is 0.494 e. The van der Waals surface area contributed by atoms with E-state index in [1.807, 2.05) is 31.2 Å². The van der Waals surface area contributed by atoms with E-state index in [0.29, 0.717) is 25.3 Å². The molecule has 6 unspecified atom stereocenters. The summed E-state index contributed by atoms with van der Waals surface area (Å²) in [4.78, 5) is 0. The molecule has 3 heterocycles. The van der Waals surface area contributed by atoms with Crippen molar-refractivity contribution in [3.63, 3.8) is 0 Å². The average Bonchev–Trinajstić information content (AvgIpc) is 3.58. The summed E-state index contributed by atoms with van der Waals surface area (Å²) in [5.74, 6) is 0. The van der Waals surface area contributed by atoms with E-state index >= 15 is 0 Å². The van der Waals surface area contributed by atoms with Gasteiger partial charge in [-0.15, -0.1) is 0 Å². The molecule has 0 spiro atoms. The highest BCUT2D eigenvalue weighted by molar-refractivity contribution is 6.61. The Bertz CT molecular complexity index is 943. The first kappa shape index (κ1) is 33.4. The molecule has 3 fully saturated rings. The predicted octanol–water partition coefficient (Wildman–Crippen LogP) is -0.416. The van der Waals surface area contributed by atoms with E-state index in [9.17, 15) is 0 Å². The molecule has 5 rings (SSSR count). The molecule has 12 heteroatoms. The minimum atomic E-state index is -1.35. The maximum atomic E-state index is 9.13. The van der Waals surface area contributed by atoms with Gasteiger partial charge in [0.05, 0.1) is 38.6 Å². The van der Waals surface area contributed by atoms with Gasteiger partial charge in [0.1, 0.15) is 24.4 Å². The fourth-order valence-electron chi connectivity index (χ4n) is 4.18. The van der Waals surface area contributed by atoms with E-state index < -0.39 is 19.3 Å². The van der Waals surface area contributed by atoms with Crippen molar-refractivity contribution in [1.82, 2.24) is 0 Å². The Balaban J connectivity index is 0.000000219. The molecule has 2 aromatic rings. The SMILES string of the molecule is C.COCC1OCC(O)C1O.COCC1OCC2OB(c3ccc(C)cc3)OC12.Cc1ccc(B(O)O)cc1. The number of aryl methyl sites for hydroxylation is 2. The number of aliphatic hydroxyl groups is 2. The molecule has 0 aliphatic carbocycles. The van der Waals surface area contributed by atoms with Crippen molar-refractivity contribution in [2.45, 2.75) is 57.9 Å². The Labute approximate surface area is 232 Å². The topological polar surface area (TPSA) is 136 Å². The Hall–Kier alpha value is -1.83. The number of rotatable bonds is 6. The molecule has 3 saturated heterocycles. The van der Waals surface area contributed by atoms with Crippen LogP contribution in [0.2, 0.25) is 0 Å². The highest BCUT2D eigenvalue weighted by Gasteiger charge is 2.49. The van der Waals surface area contributed by atoms with E-state index in [1.165, 1.54) is 12.7 Å². The lowest BCUT2D eigenvalue weighted by Gasteiger charge is -2.15. The summed E-state index contributed by atoms with van der Waals surface area (Å²) < 4.78 is 32.3. The third kappa shape index (κ3) is 9.65. The van der Waals surface area contributed by atoms with Gasteiger partial charge in [0.25, 0.3) is 0 Å². The molecule has 0 amide bonds. The molecule has 0 aromatic heterocycles. The van der Waals surface area contributed by atoms with Gasteiger partial charge in [0, 0.05) is 14.2 Å². The minimum Gasteiger partial charge on any atom is -0.423 e. The van der Waals surface area contributed by atoms with Crippen LogP contribution in [-0.2, 0) is 28.3 Å². The molecule has 0 saturated carbocycles. The third-order valence-corrected chi connectivity index (χ3v) is 6.43. The van der Waals surface area contributed by atoms with Crippen molar-refractivity contribution < 1.29 is 48.5 Å². The van der Waals surface area contributed by atoms with Gasteiger partial charge in [-0.2, -0.15) is 0 Å². The number of methoxy groups -OCH3 is 2. The van der Waals surface area contributed by atoms with Crippen LogP contribution in [0.3, 0.4) is 0 Å². The number of ether oxygens (including phenoxy) is 4. The van der Waals surface area contributed by atoms with Crippen LogP contribution >= 0.6 is 0 Å². The third-order valence-electron chi connectivity index (χ3n) is 6.43. The lowest BCUT2D eigenvalue weighted by Crippen LogP contribution is -2.36. The normalized spacial score (nSPS) is 27.0. The van der Waals surface area contributed by atoms with Crippen molar-refractivity contribution in [2.75, 3.05) is 40.6 Å². The minimum absolute atomic E-state index is 0. The van der Waals surface area contributed by atoms with E-state index in [0.717, 1.165) is 11.0 Å². The summed E-state index contributed by atoms with van der Waals surface area (Å²) in [6.45, 7) is 5.69. The molecule has 2 aromatic carbocycles. The second-order valence-corrected chi connectivity index (χ2v) is 9.51. The highest BCUT2D eigenvalue weighted by Crippen LogP contribution is 2.28. The van der Waals surface area contributed by atoms with Crippen LogP contribution in [0.5, 0.6) is 0 Å². The number of hydrogen-bond donors (Lipinski definition) is 4. The summed E-state index contributed by atoms with van der Waals surface area (Å²) >= 11 is 0. The van der Waals surface area contributed by atoms with Crippen LogP contribution in [0.4, 0.5) is 0 Å². The van der Waals surface area contributed by atoms with E-state index in [4.69, 9.17) is 48.5 Å². The number of fused-ring (bicyclic) bond motifs is 1. The zero-order chi connectivity index (χ0) is 27.7. The van der Waals surface area contributed by atoms with Gasteiger partial charge >= 0.3 is 14.2 Å². The Morgan fingerprint density at radius 3 is 1.87 bits per heavy atom. The average molecular weight is 548 g/mol. The highest BCUT2D eigenvalue weighted by atomic mass is 16.7.